The highest BCUT2D eigenvalue weighted by Gasteiger charge is 2.31. The van der Waals surface area contributed by atoms with Crippen molar-refractivity contribution in [1.29, 1.82) is 0 Å². The molecular formula is C29H26FN7O2. The molecule has 196 valence electrons. The molecule has 0 aliphatic carbocycles. The molecule has 0 bridgehead atoms. The van der Waals surface area contributed by atoms with Crippen LogP contribution < -0.4 is 10.1 Å². The fourth-order valence-electron chi connectivity index (χ4n) is 4.95. The fraction of sp³-hybridized carbons (Fsp3) is 0.241. The number of pyridine rings is 1. The van der Waals surface area contributed by atoms with E-state index in [1.165, 1.54) is 12.1 Å². The van der Waals surface area contributed by atoms with Crippen LogP contribution in [-0.4, -0.2) is 37.7 Å². The third-order valence-electron chi connectivity index (χ3n) is 6.79. The second-order valence-corrected chi connectivity index (χ2v) is 9.39. The van der Waals surface area contributed by atoms with Gasteiger partial charge in [-0.2, -0.15) is 0 Å². The molecule has 0 amide bonds. The van der Waals surface area contributed by atoms with Crippen molar-refractivity contribution in [1.82, 2.24) is 24.5 Å². The van der Waals surface area contributed by atoms with Crippen molar-refractivity contribution in [3.05, 3.63) is 83.4 Å². The molecule has 39 heavy (non-hydrogen) atoms. The fourth-order valence-corrected chi connectivity index (χ4v) is 4.95. The maximum atomic E-state index is 13.7. The van der Waals surface area contributed by atoms with Gasteiger partial charge in [0.25, 0.3) is 0 Å². The molecule has 2 aromatic carbocycles. The minimum Gasteiger partial charge on any atom is -0.475 e. The van der Waals surface area contributed by atoms with E-state index in [9.17, 15) is 9.30 Å². The lowest BCUT2D eigenvalue weighted by Crippen LogP contribution is -2.16. The first-order valence-electron chi connectivity index (χ1n) is 12.9. The molecular weight excluding hydrogens is 497 g/mol. The minimum atomic E-state index is -0.303. The third-order valence-corrected chi connectivity index (χ3v) is 6.79. The van der Waals surface area contributed by atoms with E-state index in [4.69, 9.17) is 14.7 Å². The van der Waals surface area contributed by atoms with E-state index in [-0.39, 0.29) is 17.5 Å². The van der Waals surface area contributed by atoms with Gasteiger partial charge in [0, 0.05) is 36.2 Å². The molecule has 0 saturated heterocycles. The number of imidazole rings is 1. The first-order chi connectivity index (χ1) is 19.1. The number of nitroso groups, excluding NO2 is 1. The highest BCUT2D eigenvalue weighted by atomic mass is 19.1. The van der Waals surface area contributed by atoms with Crippen molar-refractivity contribution >= 4 is 22.5 Å². The van der Waals surface area contributed by atoms with Gasteiger partial charge >= 0.3 is 0 Å². The Balaban J connectivity index is 1.37. The first-order valence-corrected chi connectivity index (χ1v) is 12.9. The predicted octanol–water partition coefficient (Wildman–Crippen LogP) is 6.48. The Labute approximate surface area is 224 Å². The van der Waals surface area contributed by atoms with Crippen molar-refractivity contribution in [2.24, 2.45) is 5.18 Å². The Hall–Kier alpha value is -4.73. The van der Waals surface area contributed by atoms with Crippen LogP contribution in [0, 0.1) is 10.7 Å². The number of para-hydroxylation sites is 1. The van der Waals surface area contributed by atoms with Gasteiger partial charge in [0.2, 0.25) is 11.8 Å². The molecule has 3 aromatic heterocycles. The van der Waals surface area contributed by atoms with E-state index in [0.717, 1.165) is 59.7 Å². The number of nitrogens with zero attached hydrogens (tertiary/aromatic N) is 6. The Morgan fingerprint density at radius 3 is 2.77 bits per heavy atom. The average molecular weight is 524 g/mol. The third kappa shape index (κ3) is 4.81. The Morgan fingerprint density at radius 1 is 1.08 bits per heavy atom. The number of halogens is 1. The molecule has 0 radical (unpaired) electrons. The average Bonchev–Trinajstić information content (AvgIpc) is 3.54. The van der Waals surface area contributed by atoms with Crippen LogP contribution in [0.1, 0.15) is 31.6 Å². The number of ether oxygens (including phenoxy) is 1. The molecule has 6 rings (SSSR count). The molecule has 10 heteroatoms. The highest BCUT2D eigenvalue weighted by Crippen LogP contribution is 2.39. The highest BCUT2D eigenvalue weighted by molar-refractivity contribution is 5.89. The zero-order valence-corrected chi connectivity index (χ0v) is 21.3. The number of aromatic nitrogens is 5. The van der Waals surface area contributed by atoms with E-state index in [1.807, 2.05) is 18.2 Å². The van der Waals surface area contributed by atoms with Crippen LogP contribution >= 0.6 is 0 Å². The normalized spacial score (nSPS) is 14.4. The number of rotatable bonds is 9. The Kier molecular flexibility index (Phi) is 6.66. The van der Waals surface area contributed by atoms with Crippen LogP contribution in [-0.2, 0) is 6.42 Å². The van der Waals surface area contributed by atoms with Crippen molar-refractivity contribution in [3.8, 4) is 28.5 Å². The standard InChI is InChI=1S/C29H26FN7O2/c1-2-15-31-29-32-16-14-23(33-29)28-27(19-6-9-20(30)10-7-19)34-24-12-11-21(37(24)28)17-39-25-13-8-18-4-3-5-22(36-38)26(18)35-25/h3-10,13-14,16,21H,2,11-12,15,17H2,1H3,(H,31,32,33). The lowest BCUT2D eigenvalue weighted by atomic mass is 10.1. The summed E-state index contributed by atoms with van der Waals surface area (Å²) in [6, 6.07) is 17.1. The zero-order chi connectivity index (χ0) is 26.8. The maximum Gasteiger partial charge on any atom is 0.223 e. The molecule has 1 aliphatic rings. The number of aryl methyl sites for hydroxylation is 1. The van der Waals surface area contributed by atoms with Gasteiger partial charge in [-0.25, -0.2) is 24.3 Å². The van der Waals surface area contributed by atoms with Gasteiger partial charge in [-0.1, -0.05) is 19.1 Å². The summed E-state index contributed by atoms with van der Waals surface area (Å²) in [4.78, 5) is 29.9. The first kappa shape index (κ1) is 24.6. The Bertz CT molecular complexity index is 1650. The molecule has 1 N–H and O–H groups in total. The van der Waals surface area contributed by atoms with Crippen LogP contribution in [0.3, 0.4) is 0 Å². The molecule has 0 fully saturated rings. The lowest BCUT2D eigenvalue weighted by Gasteiger charge is -2.18. The molecule has 0 spiro atoms. The van der Waals surface area contributed by atoms with E-state index in [1.54, 1.807) is 36.5 Å². The SMILES string of the molecule is CCCNc1nccc(-c2c(-c3ccc(F)cc3)nc3n2C(COc2ccc4cccc(N=O)c4n2)CC3)n1. The van der Waals surface area contributed by atoms with Crippen LogP contribution in [0.15, 0.2) is 72.0 Å². The van der Waals surface area contributed by atoms with Gasteiger partial charge in [0.15, 0.2) is 0 Å². The lowest BCUT2D eigenvalue weighted by molar-refractivity contribution is 0.248. The van der Waals surface area contributed by atoms with Gasteiger partial charge in [0.05, 0.1) is 23.1 Å². The number of nitrogens with one attached hydrogen (secondary N) is 1. The summed E-state index contributed by atoms with van der Waals surface area (Å²) in [5.41, 5.74) is 3.88. The van der Waals surface area contributed by atoms with Gasteiger partial charge in [0.1, 0.15) is 29.5 Å². The predicted molar refractivity (Wildman–Crippen MR) is 147 cm³/mol. The minimum absolute atomic E-state index is 0.0318. The number of hydrogen-bond donors (Lipinski definition) is 1. The summed E-state index contributed by atoms with van der Waals surface area (Å²) in [7, 11) is 0. The van der Waals surface area contributed by atoms with Crippen LogP contribution in [0.4, 0.5) is 16.0 Å². The molecule has 0 saturated carbocycles. The summed E-state index contributed by atoms with van der Waals surface area (Å²) in [6.45, 7) is 3.19. The van der Waals surface area contributed by atoms with Gasteiger partial charge in [-0.05, 0) is 60.5 Å². The van der Waals surface area contributed by atoms with E-state index >= 15 is 0 Å². The van der Waals surface area contributed by atoms with Gasteiger partial charge in [-0.3, -0.25) is 0 Å². The maximum absolute atomic E-state index is 13.7. The monoisotopic (exact) mass is 523 g/mol. The van der Waals surface area contributed by atoms with Crippen LogP contribution in [0.25, 0.3) is 33.5 Å². The quantitative estimate of drug-likeness (QED) is 0.220. The largest absolute Gasteiger partial charge is 0.475 e. The molecule has 9 nitrogen and oxygen atoms in total. The van der Waals surface area contributed by atoms with E-state index in [0.29, 0.717) is 24.0 Å². The van der Waals surface area contributed by atoms with E-state index < -0.39 is 0 Å². The van der Waals surface area contributed by atoms with Crippen molar-refractivity contribution < 1.29 is 9.13 Å². The number of fused-ring (bicyclic) bond motifs is 2. The second-order valence-electron chi connectivity index (χ2n) is 9.39. The Morgan fingerprint density at radius 2 is 1.95 bits per heavy atom. The number of hydrogen-bond acceptors (Lipinski definition) is 8. The van der Waals surface area contributed by atoms with Crippen molar-refractivity contribution in [2.75, 3.05) is 18.5 Å². The molecule has 1 aliphatic heterocycles. The van der Waals surface area contributed by atoms with E-state index in [2.05, 4.69) is 32.0 Å². The molecule has 1 atom stereocenters. The number of benzene rings is 2. The van der Waals surface area contributed by atoms with Crippen molar-refractivity contribution in [2.45, 2.75) is 32.2 Å². The summed E-state index contributed by atoms with van der Waals surface area (Å²) in [6.07, 6.45) is 4.27. The van der Waals surface area contributed by atoms with Crippen molar-refractivity contribution in [3.63, 3.8) is 0 Å². The van der Waals surface area contributed by atoms with Crippen LogP contribution in [0.5, 0.6) is 5.88 Å². The zero-order valence-electron chi connectivity index (χ0n) is 21.3. The summed E-state index contributed by atoms with van der Waals surface area (Å²) in [5.74, 6) is 1.57. The topological polar surface area (TPSA) is 107 Å². The smallest absolute Gasteiger partial charge is 0.223 e. The molecule has 1 unspecified atom stereocenters. The second kappa shape index (κ2) is 10.6. The summed E-state index contributed by atoms with van der Waals surface area (Å²) < 4.78 is 22.1. The molecule has 4 heterocycles. The van der Waals surface area contributed by atoms with Gasteiger partial charge < -0.3 is 14.6 Å². The van der Waals surface area contributed by atoms with Gasteiger partial charge in [-0.15, -0.1) is 4.91 Å². The van der Waals surface area contributed by atoms with Crippen LogP contribution in [0.2, 0.25) is 0 Å². The summed E-state index contributed by atoms with van der Waals surface area (Å²) in [5, 5.41) is 7.16. The number of anilines is 1. The summed E-state index contributed by atoms with van der Waals surface area (Å²) >= 11 is 0. The molecule has 5 aromatic rings.